The number of ether oxygens (including phenoxy) is 1. The Bertz CT molecular complexity index is 811. The van der Waals surface area contributed by atoms with Crippen LogP contribution in [0.4, 0.5) is 4.39 Å². The van der Waals surface area contributed by atoms with Crippen molar-refractivity contribution < 1.29 is 23.8 Å². The molecule has 0 aliphatic heterocycles. The molecule has 0 radical (unpaired) electrons. The van der Waals surface area contributed by atoms with Crippen molar-refractivity contribution in [2.45, 2.75) is 31.7 Å². The van der Waals surface area contributed by atoms with Gasteiger partial charge in [0.05, 0.1) is 19.1 Å². The molecule has 0 saturated heterocycles. The normalized spacial score (nSPS) is 20.2. The SMILES string of the molecule is COc1ccc(C(NC(=O)C2CCC(C(=O)O)CC2)c2ccc(F)cc2)cc1. The molecular weight excluding hydrogens is 361 g/mol. The Kier molecular flexibility index (Phi) is 6.29. The summed E-state index contributed by atoms with van der Waals surface area (Å²) in [6.45, 7) is 0. The van der Waals surface area contributed by atoms with E-state index in [-0.39, 0.29) is 23.6 Å². The molecule has 0 bridgehead atoms. The predicted octanol–water partition coefficient (Wildman–Crippen LogP) is 3.93. The summed E-state index contributed by atoms with van der Waals surface area (Å²) >= 11 is 0. The number of aliphatic carboxylic acids is 1. The van der Waals surface area contributed by atoms with Gasteiger partial charge in [0, 0.05) is 5.92 Å². The van der Waals surface area contributed by atoms with Crippen molar-refractivity contribution in [3.8, 4) is 5.75 Å². The van der Waals surface area contributed by atoms with Crippen LogP contribution in [0.5, 0.6) is 5.75 Å². The minimum atomic E-state index is -0.790. The zero-order chi connectivity index (χ0) is 20.1. The third-order valence-electron chi connectivity index (χ3n) is 5.39. The third-order valence-corrected chi connectivity index (χ3v) is 5.39. The van der Waals surface area contributed by atoms with Gasteiger partial charge in [-0.15, -0.1) is 0 Å². The summed E-state index contributed by atoms with van der Waals surface area (Å²) in [7, 11) is 1.59. The van der Waals surface area contributed by atoms with E-state index < -0.39 is 12.0 Å². The van der Waals surface area contributed by atoms with Gasteiger partial charge in [0.1, 0.15) is 11.6 Å². The maximum atomic E-state index is 13.4. The lowest BCUT2D eigenvalue weighted by atomic mass is 9.81. The average Bonchev–Trinajstić information content (AvgIpc) is 2.73. The largest absolute Gasteiger partial charge is 0.497 e. The number of carboxylic acids is 1. The molecule has 2 aromatic carbocycles. The smallest absolute Gasteiger partial charge is 0.306 e. The molecular formula is C22H24FNO4. The quantitative estimate of drug-likeness (QED) is 0.790. The lowest BCUT2D eigenvalue weighted by molar-refractivity contribution is -0.144. The van der Waals surface area contributed by atoms with E-state index in [0.29, 0.717) is 31.4 Å². The predicted molar refractivity (Wildman–Crippen MR) is 102 cm³/mol. The molecule has 1 aliphatic rings. The number of carbonyl (C=O) groups excluding carboxylic acids is 1. The molecule has 2 N–H and O–H groups in total. The number of hydrogen-bond acceptors (Lipinski definition) is 3. The van der Waals surface area contributed by atoms with Crippen LogP contribution in [0, 0.1) is 17.7 Å². The molecule has 1 amide bonds. The minimum Gasteiger partial charge on any atom is -0.497 e. The first-order valence-corrected chi connectivity index (χ1v) is 9.40. The molecule has 1 atom stereocenters. The van der Waals surface area contributed by atoms with Crippen LogP contribution in [0.25, 0.3) is 0 Å². The molecule has 28 heavy (non-hydrogen) atoms. The van der Waals surface area contributed by atoms with E-state index in [2.05, 4.69) is 5.32 Å². The van der Waals surface area contributed by atoms with Crippen molar-refractivity contribution in [2.24, 2.45) is 11.8 Å². The van der Waals surface area contributed by atoms with Crippen LogP contribution in [0.2, 0.25) is 0 Å². The van der Waals surface area contributed by atoms with Gasteiger partial charge in [-0.3, -0.25) is 9.59 Å². The van der Waals surface area contributed by atoms with Gasteiger partial charge >= 0.3 is 5.97 Å². The maximum Gasteiger partial charge on any atom is 0.306 e. The van der Waals surface area contributed by atoms with Gasteiger partial charge in [0.15, 0.2) is 0 Å². The molecule has 0 spiro atoms. The molecule has 148 valence electrons. The van der Waals surface area contributed by atoms with Crippen molar-refractivity contribution in [3.63, 3.8) is 0 Å². The Morgan fingerprint density at radius 3 is 1.96 bits per heavy atom. The molecule has 6 heteroatoms. The number of methoxy groups -OCH3 is 1. The first kappa shape index (κ1) is 19.9. The van der Waals surface area contributed by atoms with Crippen molar-refractivity contribution in [1.82, 2.24) is 5.32 Å². The monoisotopic (exact) mass is 385 g/mol. The second-order valence-corrected chi connectivity index (χ2v) is 7.15. The Morgan fingerprint density at radius 1 is 0.964 bits per heavy atom. The number of nitrogens with one attached hydrogen (secondary N) is 1. The maximum absolute atomic E-state index is 13.4. The summed E-state index contributed by atoms with van der Waals surface area (Å²) < 4.78 is 18.5. The molecule has 0 aromatic heterocycles. The summed E-state index contributed by atoms with van der Waals surface area (Å²) in [5.74, 6) is -1.10. The summed E-state index contributed by atoms with van der Waals surface area (Å²) in [5, 5.41) is 12.2. The molecule has 1 aliphatic carbocycles. The number of amides is 1. The molecule has 5 nitrogen and oxygen atoms in total. The van der Waals surface area contributed by atoms with Gasteiger partial charge in [-0.25, -0.2) is 4.39 Å². The van der Waals surface area contributed by atoms with E-state index in [1.807, 2.05) is 24.3 Å². The van der Waals surface area contributed by atoms with Crippen LogP contribution in [0.1, 0.15) is 42.9 Å². The highest BCUT2D eigenvalue weighted by molar-refractivity contribution is 5.80. The van der Waals surface area contributed by atoms with Gasteiger partial charge in [0.2, 0.25) is 5.91 Å². The second-order valence-electron chi connectivity index (χ2n) is 7.15. The average molecular weight is 385 g/mol. The van der Waals surface area contributed by atoms with Gasteiger partial charge in [0.25, 0.3) is 0 Å². The third kappa shape index (κ3) is 4.68. The topological polar surface area (TPSA) is 75.6 Å². The number of carbonyl (C=O) groups is 2. The highest BCUT2D eigenvalue weighted by atomic mass is 19.1. The number of halogens is 1. The summed E-state index contributed by atoms with van der Waals surface area (Å²) in [6, 6.07) is 13.0. The van der Waals surface area contributed by atoms with Crippen LogP contribution in [-0.4, -0.2) is 24.1 Å². The van der Waals surface area contributed by atoms with Crippen LogP contribution < -0.4 is 10.1 Å². The van der Waals surface area contributed by atoms with Crippen molar-refractivity contribution in [3.05, 3.63) is 65.5 Å². The van der Waals surface area contributed by atoms with Crippen molar-refractivity contribution >= 4 is 11.9 Å². The Balaban J connectivity index is 1.78. The number of rotatable bonds is 6. The fraction of sp³-hybridized carbons (Fsp3) is 0.364. The van der Waals surface area contributed by atoms with E-state index >= 15 is 0 Å². The van der Waals surface area contributed by atoms with Gasteiger partial charge in [-0.2, -0.15) is 0 Å². The lowest BCUT2D eigenvalue weighted by Crippen LogP contribution is -2.37. The van der Waals surface area contributed by atoms with Crippen molar-refractivity contribution in [1.29, 1.82) is 0 Å². The zero-order valence-electron chi connectivity index (χ0n) is 15.7. The van der Waals surface area contributed by atoms with Gasteiger partial charge in [-0.1, -0.05) is 24.3 Å². The minimum absolute atomic E-state index is 0.103. The van der Waals surface area contributed by atoms with E-state index in [1.54, 1.807) is 19.2 Å². The van der Waals surface area contributed by atoms with E-state index in [0.717, 1.165) is 11.1 Å². The molecule has 1 saturated carbocycles. The van der Waals surface area contributed by atoms with Crippen LogP contribution in [0.15, 0.2) is 48.5 Å². The highest BCUT2D eigenvalue weighted by Crippen LogP contribution is 2.31. The van der Waals surface area contributed by atoms with Crippen LogP contribution in [-0.2, 0) is 9.59 Å². The molecule has 1 unspecified atom stereocenters. The summed E-state index contributed by atoms with van der Waals surface area (Å²) in [6.07, 6.45) is 2.14. The number of benzene rings is 2. The first-order chi connectivity index (χ1) is 13.5. The fourth-order valence-corrected chi connectivity index (χ4v) is 3.67. The van der Waals surface area contributed by atoms with Crippen molar-refractivity contribution in [2.75, 3.05) is 7.11 Å². The number of hydrogen-bond donors (Lipinski definition) is 2. The summed E-state index contributed by atoms with van der Waals surface area (Å²) in [5.41, 5.74) is 1.64. The van der Waals surface area contributed by atoms with Gasteiger partial charge in [-0.05, 0) is 61.1 Å². The highest BCUT2D eigenvalue weighted by Gasteiger charge is 2.31. The lowest BCUT2D eigenvalue weighted by Gasteiger charge is -2.28. The Morgan fingerprint density at radius 2 is 1.46 bits per heavy atom. The Labute approximate surface area is 163 Å². The van der Waals surface area contributed by atoms with Gasteiger partial charge < -0.3 is 15.2 Å². The molecule has 2 aromatic rings. The molecule has 0 heterocycles. The summed E-state index contributed by atoms with van der Waals surface area (Å²) in [4.78, 5) is 24.0. The van der Waals surface area contributed by atoms with E-state index in [9.17, 15) is 14.0 Å². The Hall–Kier alpha value is -2.89. The zero-order valence-corrected chi connectivity index (χ0v) is 15.7. The first-order valence-electron chi connectivity index (χ1n) is 9.40. The second kappa shape index (κ2) is 8.87. The molecule has 3 rings (SSSR count). The van der Waals surface area contributed by atoms with E-state index in [4.69, 9.17) is 9.84 Å². The molecule has 1 fully saturated rings. The fourth-order valence-electron chi connectivity index (χ4n) is 3.67. The van der Waals surface area contributed by atoms with E-state index in [1.165, 1.54) is 12.1 Å². The standard InChI is InChI=1S/C22H24FNO4/c1-28-19-12-8-15(9-13-19)20(14-6-10-18(23)11-7-14)24-21(25)16-2-4-17(5-3-16)22(26)27/h6-13,16-17,20H,2-5H2,1H3,(H,24,25)(H,26,27). The van der Waals surface area contributed by atoms with Crippen LogP contribution in [0.3, 0.4) is 0 Å². The number of carboxylic acid groups (broad SMARTS) is 1. The van der Waals surface area contributed by atoms with Crippen LogP contribution >= 0.6 is 0 Å².